The maximum atomic E-state index is 8.35. The van der Waals surface area contributed by atoms with Crippen molar-refractivity contribution in [1.29, 1.82) is 0 Å². The monoisotopic (exact) mass is 101 g/mol. The molecule has 1 N–H and O–H groups in total. The Bertz CT molecular complexity index is 35.2. The molecule has 43 valence electrons. The molecule has 0 aliphatic carbocycles. The molecular formula is C6H13O. The van der Waals surface area contributed by atoms with Gasteiger partial charge in [0, 0.05) is 6.61 Å². The SMILES string of the molecule is CC[C](C)CCO. The Morgan fingerprint density at radius 2 is 2.14 bits per heavy atom. The second kappa shape index (κ2) is 4.13. The highest BCUT2D eigenvalue weighted by molar-refractivity contribution is 4.80. The zero-order valence-electron chi connectivity index (χ0n) is 5.07. The Balaban J connectivity index is 2.83. The molecular weight excluding hydrogens is 88.1 g/mol. The molecule has 0 unspecified atom stereocenters. The molecule has 0 atom stereocenters. The van der Waals surface area contributed by atoms with E-state index >= 15 is 0 Å². The van der Waals surface area contributed by atoms with E-state index in [2.05, 4.69) is 13.8 Å². The first-order valence-electron chi connectivity index (χ1n) is 2.73. The van der Waals surface area contributed by atoms with Gasteiger partial charge in [-0.05, 0) is 12.3 Å². The molecule has 0 heterocycles. The highest BCUT2D eigenvalue weighted by Gasteiger charge is 1.94. The second-order valence-electron chi connectivity index (χ2n) is 1.78. The van der Waals surface area contributed by atoms with Gasteiger partial charge in [0.2, 0.25) is 0 Å². The van der Waals surface area contributed by atoms with Crippen LogP contribution in [0.4, 0.5) is 0 Å². The summed E-state index contributed by atoms with van der Waals surface area (Å²) in [6.45, 7) is 4.47. The van der Waals surface area contributed by atoms with Crippen molar-refractivity contribution >= 4 is 0 Å². The molecule has 0 aromatic carbocycles. The van der Waals surface area contributed by atoms with Crippen LogP contribution >= 0.6 is 0 Å². The summed E-state index contributed by atoms with van der Waals surface area (Å²) in [5, 5.41) is 8.35. The van der Waals surface area contributed by atoms with Crippen LogP contribution in [0.15, 0.2) is 0 Å². The van der Waals surface area contributed by atoms with E-state index in [1.54, 1.807) is 0 Å². The summed E-state index contributed by atoms with van der Waals surface area (Å²) < 4.78 is 0. The Kier molecular flexibility index (Phi) is 4.10. The van der Waals surface area contributed by atoms with Crippen LogP contribution in [0.5, 0.6) is 0 Å². The fourth-order valence-electron chi connectivity index (χ4n) is 0.368. The lowest BCUT2D eigenvalue weighted by Crippen LogP contribution is -1.91. The van der Waals surface area contributed by atoms with E-state index in [4.69, 9.17) is 5.11 Å². The lowest BCUT2D eigenvalue weighted by molar-refractivity contribution is 0.290. The van der Waals surface area contributed by atoms with Crippen LogP contribution in [0.3, 0.4) is 0 Å². The summed E-state index contributed by atoms with van der Waals surface area (Å²) in [5.74, 6) is 1.38. The minimum Gasteiger partial charge on any atom is -0.396 e. The summed E-state index contributed by atoms with van der Waals surface area (Å²) in [6, 6.07) is 0. The Hall–Kier alpha value is -0.0400. The minimum absolute atomic E-state index is 0.305. The van der Waals surface area contributed by atoms with E-state index < -0.39 is 0 Å². The van der Waals surface area contributed by atoms with Gasteiger partial charge in [0.1, 0.15) is 0 Å². The third-order valence-electron chi connectivity index (χ3n) is 1.14. The van der Waals surface area contributed by atoms with E-state index in [-0.39, 0.29) is 0 Å². The van der Waals surface area contributed by atoms with Crippen molar-refractivity contribution in [3.05, 3.63) is 5.92 Å². The van der Waals surface area contributed by atoms with E-state index in [9.17, 15) is 0 Å². The van der Waals surface area contributed by atoms with Crippen LogP contribution in [0.2, 0.25) is 0 Å². The van der Waals surface area contributed by atoms with Crippen LogP contribution in [0.25, 0.3) is 0 Å². The molecule has 1 nitrogen and oxygen atoms in total. The van der Waals surface area contributed by atoms with Crippen molar-refractivity contribution in [1.82, 2.24) is 0 Å². The normalized spacial score (nSPS) is 10.3. The molecule has 7 heavy (non-hydrogen) atoms. The molecule has 1 heteroatoms. The molecule has 0 spiro atoms. The molecule has 0 aliphatic heterocycles. The lowest BCUT2D eigenvalue weighted by atomic mass is 10.1. The molecule has 0 saturated heterocycles. The zero-order chi connectivity index (χ0) is 5.70. The van der Waals surface area contributed by atoms with Gasteiger partial charge in [-0.3, -0.25) is 0 Å². The van der Waals surface area contributed by atoms with Crippen LogP contribution in [0.1, 0.15) is 26.7 Å². The van der Waals surface area contributed by atoms with Crippen molar-refractivity contribution in [3.8, 4) is 0 Å². The first-order valence-corrected chi connectivity index (χ1v) is 2.73. The molecule has 0 rings (SSSR count). The van der Waals surface area contributed by atoms with Crippen LogP contribution < -0.4 is 0 Å². The van der Waals surface area contributed by atoms with Gasteiger partial charge < -0.3 is 5.11 Å². The van der Waals surface area contributed by atoms with Gasteiger partial charge in [0.15, 0.2) is 0 Å². The summed E-state index contributed by atoms with van der Waals surface area (Å²) in [7, 11) is 0. The largest absolute Gasteiger partial charge is 0.396 e. The van der Waals surface area contributed by atoms with Crippen molar-refractivity contribution in [3.63, 3.8) is 0 Å². The first-order chi connectivity index (χ1) is 3.31. The van der Waals surface area contributed by atoms with Gasteiger partial charge in [-0.2, -0.15) is 0 Å². The van der Waals surface area contributed by atoms with Gasteiger partial charge in [-0.15, -0.1) is 0 Å². The number of hydrogen-bond donors (Lipinski definition) is 1. The molecule has 0 amide bonds. The molecule has 0 aliphatic rings. The van der Waals surface area contributed by atoms with Crippen molar-refractivity contribution in [2.45, 2.75) is 26.7 Å². The van der Waals surface area contributed by atoms with E-state index in [1.165, 1.54) is 5.92 Å². The average Bonchev–Trinajstić information content (AvgIpc) is 1.68. The molecule has 0 fully saturated rings. The maximum Gasteiger partial charge on any atom is 0.0436 e. The second-order valence-corrected chi connectivity index (χ2v) is 1.78. The average molecular weight is 101 g/mol. The number of aliphatic hydroxyl groups is 1. The smallest absolute Gasteiger partial charge is 0.0436 e. The third-order valence-corrected chi connectivity index (χ3v) is 1.14. The predicted molar refractivity (Wildman–Crippen MR) is 30.9 cm³/mol. The van der Waals surface area contributed by atoms with Gasteiger partial charge in [0.05, 0.1) is 0 Å². The fourth-order valence-corrected chi connectivity index (χ4v) is 0.368. The third kappa shape index (κ3) is 3.80. The van der Waals surface area contributed by atoms with Crippen LogP contribution in [-0.4, -0.2) is 11.7 Å². The van der Waals surface area contributed by atoms with E-state index in [1.807, 2.05) is 0 Å². The van der Waals surface area contributed by atoms with E-state index in [0.29, 0.717) is 6.61 Å². The number of rotatable bonds is 3. The van der Waals surface area contributed by atoms with Crippen molar-refractivity contribution < 1.29 is 5.11 Å². The Morgan fingerprint density at radius 1 is 1.57 bits per heavy atom. The molecule has 0 aromatic heterocycles. The maximum absolute atomic E-state index is 8.35. The van der Waals surface area contributed by atoms with Crippen LogP contribution in [-0.2, 0) is 0 Å². The Labute approximate surface area is 45.4 Å². The van der Waals surface area contributed by atoms with Gasteiger partial charge in [-0.1, -0.05) is 20.3 Å². The van der Waals surface area contributed by atoms with Crippen molar-refractivity contribution in [2.75, 3.05) is 6.61 Å². The highest BCUT2D eigenvalue weighted by Crippen LogP contribution is 2.06. The first kappa shape index (κ1) is 6.96. The predicted octanol–water partition coefficient (Wildman–Crippen LogP) is 1.37. The summed E-state index contributed by atoms with van der Waals surface area (Å²) in [4.78, 5) is 0. The lowest BCUT2D eigenvalue weighted by Gasteiger charge is -2.01. The molecule has 1 radical (unpaired) electrons. The van der Waals surface area contributed by atoms with Gasteiger partial charge in [0.25, 0.3) is 0 Å². The quantitative estimate of drug-likeness (QED) is 0.569. The summed E-state index contributed by atoms with van der Waals surface area (Å²) >= 11 is 0. The zero-order valence-corrected chi connectivity index (χ0v) is 5.07. The van der Waals surface area contributed by atoms with Crippen LogP contribution in [0, 0.1) is 5.92 Å². The molecule has 0 aromatic rings. The van der Waals surface area contributed by atoms with Gasteiger partial charge in [-0.25, -0.2) is 0 Å². The topological polar surface area (TPSA) is 20.2 Å². The standard InChI is InChI=1S/C6H13O/c1-3-6(2)4-5-7/h7H,3-5H2,1-2H3. The molecule has 0 saturated carbocycles. The van der Waals surface area contributed by atoms with E-state index in [0.717, 1.165) is 12.8 Å². The highest BCUT2D eigenvalue weighted by atomic mass is 16.2. The Morgan fingerprint density at radius 3 is 2.29 bits per heavy atom. The fraction of sp³-hybridized carbons (Fsp3) is 0.833. The minimum atomic E-state index is 0.305. The number of hydrogen-bond acceptors (Lipinski definition) is 1. The molecule has 0 bridgehead atoms. The summed E-state index contributed by atoms with van der Waals surface area (Å²) in [5.41, 5.74) is 0. The number of aliphatic hydroxyl groups excluding tert-OH is 1. The summed E-state index contributed by atoms with van der Waals surface area (Å²) in [6.07, 6.45) is 1.97. The van der Waals surface area contributed by atoms with Gasteiger partial charge >= 0.3 is 0 Å². The van der Waals surface area contributed by atoms with Crippen molar-refractivity contribution in [2.24, 2.45) is 0 Å².